The first-order chi connectivity index (χ1) is 13.8. The molecule has 2 aliphatic rings. The number of amides is 1. The molecule has 0 unspecified atom stereocenters. The fraction of sp³-hybridized carbons (Fsp3) is 0.350. The van der Waals surface area contributed by atoms with E-state index in [1.165, 1.54) is 4.31 Å². The number of piperazine rings is 1. The van der Waals surface area contributed by atoms with Gasteiger partial charge in [0.15, 0.2) is 6.10 Å². The minimum Gasteiger partial charge on any atom is -0.476 e. The third-order valence-corrected chi connectivity index (χ3v) is 6.56. The van der Waals surface area contributed by atoms with Crippen molar-refractivity contribution < 1.29 is 17.9 Å². The van der Waals surface area contributed by atoms with Gasteiger partial charge in [-0.25, -0.2) is 8.42 Å². The quantitative estimate of drug-likeness (QED) is 0.739. The molecule has 0 aliphatic carbocycles. The topological polar surface area (TPSA) is 70.2 Å². The highest BCUT2D eigenvalue weighted by atomic mass is 35.5. The highest BCUT2D eigenvalue weighted by Gasteiger charge is 2.37. The highest BCUT2D eigenvalue weighted by Crippen LogP contribution is 2.35. The Hall–Kier alpha value is -2.45. The molecule has 2 heterocycles. The SMILES string of the molecule is CS(=O)(=O)N1C[C@H](C(=O)N2CCN(c3cccc(Cl)c3)CC2)Oc2ccccc21. The smallest absolute Gasteiger partial charge is 0.265 e. The number of para-hydroxylation sites is 2. The number of ether oxygens (including phenoxy) is 1. The van der Waals surface area contributed by atoms with E-state index < -0.39 is 16.1 Å². The first-order valence-electron chi connectivity index (χ1n) is 9.35. The molecule has 29 heavy (non-hydrogen) atoms. The zero-order valence-electron chi connectivity index (χ0n) is 16.0. The second-order valence-electron chi connectivity index (χ2n) is 7.16. The van der Waals surface area contributed by atoms with Gasteiger partial charge in [-0.3, -0.25) is 9.10 Å². The molecule has 1 atom stereocenters. The van der Waals surface area contributed by atoms with E-state index in [0.717, 1.165) is 11.9 Å². The number of benzene rings is 2. The number of rotatable bonds is 3. The van der Waals surface area contributed by atoms with Gasteiger partial charge in [-0.15, -0.1) is 0 Å². The van der Waals surface area contributed by atoms with Gasteiger partial charge in [0.1, 0.15) is 5.75 Å². The van der Waals surface area contributed by atoms with Crippen molar-refractivity contribution in [2.45, 2.75) is 6.10 Å². The molecule has 2 aromatic carbocycles. The van der Waals surface area contributed by atoms with E-state index in [0.29, 0.717) is 42.6 Å². The monoisotopic (exact) mass is 435 g/mol. The number of anilines is 2. The van der Waals surface area contributed by atoms with Crippen LogP contribution < -0.4 is 13.9 Å². The lowest BCUT2D eigenvalue weighted by molar-refractivity contribution is -0.138. The number of nitrogens with zero attached hydrogens (tertiary/aromatic N) is 3. The van der Waals surface area contributed by atoms with Crippen LogP contribution in [0.5, 0.6) is 5.75 Å². The van der Waals surface area contributed by atoms with Gasteiger partial charge >= 0.3 is 0 Å². The second kappa shape index (κ2) is 7.76. The minimum absolute atomic E-state index is 0.0246. The number of hydrogen-bond donors (Lipinski definition) is 0. The van der Waals surface area contributed by atoms with Crippen LogP contribution in [0.25, 0.3) is 0 Å². The van der Waals surface area contributed by atoms with E-state index >= 15 is 0 Å². The number of carbonyl (C=O) groups is 1. The van der Waals surface area contributed by atoms with Crippen LogP contribution in [-0.4, -0.2) is 64.3 Å². The van der Waals surface area contributed by atoms with Crippen LogP contribution in [0.2, 0.25) is 5.02 Å². The first kappa shape index (κ1) is 19.8. The van der Waals surface area contributed by atoms with Crippen LogP contribution in [0.15, 0.2) is 48.5 Å². The van der Waals surface area contributed by atoms with E-state index in [1.54, 1.807) is 29.2 Å². The lowest BCUT2D eigenvalue weighted by atomic mass is 10.2. The average molecular weight is 436 g/mol. The fourth-order valence-electron chi connectivity index (χ4n) is 3.71. The molecule has 1 amide bonds. The zero-order chi connectivity index (χ0) is 20.6. The van der Waals surface area contributed by atoms with Crippen LogP contribution in [0.1, 0.15) is 0 Å². The summed E-state index contributed by atoms with van der Waals surface area (Å²) < 4.78 is 31.6. The molecule has 1 fully saturated rings. The van der Waals surface area contributed by atoms with Crippen LogP contribution >= 0.6 is 11.6 Å². The predicted molar refractivity (Wildman–Crippen MR) is 113 cm³/mol. The Balaban J connectivity index is 1.47. The molecule has 0 aromatic heterocycles. The Bertz CT molecular complexity index is 1020. The van der Waals surface area contributed by atoms with Crippen molar-refractivity contribution in [2.24, 2.45) is 0 Å². The maximum absolute atomic E-state index is 13.1. The summed E-state index contributed by atoms with van der Waals surface area (Å²) in [4.78, 5) is 17.0. The van der Waals surface area contributed by atoms with Gasteiger partial charge in [0, 0.05) is 36.9 Å². The third kappa shape index (κ3) is 4.13. The molecule has 2 aromatic rings. The van der Waals surface area contributed by atoms with Crippen LogP contribution in [0.4, 0.5) is 11.4 Å². The summed E-state index contributed by atoms with van der Waals surface area (Å²) in [5, 5.41) is 0.677. The van der Waals surface area contributed by atoms with Crippen molar-refractivity contribution in [3.8, 4) is 5.75 Å². The molecule has 0 saturated carbocycles. The van der Waals surface area contributed by atoms with E-state index in [1.807, 2.05) is 24.3 Å². The fourth-order valence-corrected chi connectivity index (χ4v) is 4.81. The molecule has 4 rings (SSSR count). The summed E-state index contributed by atoms with van der Waals surface area (Å²) in [5.74, 6) is 0.207. The summed E-state index contributed by atoms with van der Waals surface area (Å²) >= 11 is 6.08. The zero-order valence-corrected chi connectivity index (χ0v) is 17.6. The summed E-state index contributed by atoms with van der Waals surface area (Å²) in [5.41, 5.74) is 1.49. The van der Waals surface area contributed by atoms with Crippen molar-refractivity contribution in [1.29, 1.82) is 0 Å². The van der Waals surface area contributed by atoms with Crippen LogP contribution in [-0.2, 0) is 14.8 Å². The van der Waals surface area contributed by atoms with E-state index in [-0.39, 0.29) is 12.5 Å². The number of sulfonamides is 1. The molecule has 2 aliphatic heterocycles. The first-order valence-corrected chi connectivity index (χ1v) is 11.6. The lowest BCUT2D eigenvalue weighted by Gasteiger charge is -2.40. The third-order valence-electron chi connectivity index (χ3n) is 5.18. The molecular weight excluding hydrogens is 414 g/mol. The number of carbonyl (C=O) groups excluding carboxylic acids is 1. The summed E-state index contributed by atoms with van der Waals surface area (Å²) in [6.07, 6.45) is 0.276. The maximum atomic E-state index is 13.1. The molecule has 9 heteroatoms. The molecule has 0 radical (unpaired) electrons. The van der Waals surface area contributed by atoms with Gasteiger partial charge in [-0.05, 0) is 30.3 Å². The molecule has 154 valence electrons. The van der Waals surface area contributed by atoms with Crippen molar-refractivity contribution in [1.82, 2.24) is 4.90 Å². The van der Waals surface area contributed by atoms with Gasteiger partial charge < -0.3 is 14.5 Å². The van der Waals surface area contributed by atoms with Gasteiger partial charge in [-0.2, -0.15) is 0 Å². The number of hydrogen-bond acceptors (Lipinski definition) is 5. The molecule has 7 nitrogen and oxygen atoms in total. The van der Waals surface area contributed by atoms with Gasteiger partial charge in [-0.1, -0.05) is 29.8 Å². The summed E-state index contributed by atoms with van der Waals surface area (Å²) in [6, 6.07) is 14.5. The van der Waals surface area contributed by atoms with Crippen LogP contribution in [0, 0.1) is 0 Å². The summed E-state index contributed by atoms with van der Waals surface area (Å²) in [7, 11) is -3.52. The van der Waals surface area contributed by atoms with Crippen molar-refractivity contribution >= 4 is 38.9 Å². The van der Waals surface area contributed by atoms with Crippen molar-refractivity contribution in [3.63, 3.8) is 0 Å². The maximum Gasteiger partial charge on any atom is 0.265 e. The van der Waals surface area contributed by atoms with E-state index in [9.17, 15) is 13.2 Å². The van der Waals surface area contributed by atoms with E-state index in [2.05, 4.69) is 4.90 Å². The lowest BCUT2D eigenvalue weighted by Crippen LogP contribution is -2.56. The Kier molecular flexibility index (Phi) is 5.31. The van der Waals surface area contributed by atoms with Crippen molar-refractivity contribution in [3.05, 3.63) is 53.6 Å². The highest BCUT2D eigenvalue weighted by molar-refractivity contribution is 7.92. The Morgan fingerprint density at radius 1 is 1.07 bits per heavy atom. The Morgan fingerprint density at radius 3 is 2.48 bits per heavy atom. The van der Waals surface area contributed by atoms with E-state index in [4.69, 9.17) is 16.3 Å². The Morgan fingerprint density at radius 2 is 1.79 bits per heavy atom. The Labute approximate surface area is 175 Å². The standard InChI is InChI=1S/C20H22ClN3O4S/c1-29(26,27)24-14-19(28-18-8-3-2-7-17(18)24)20(25)23-11-9-22(10-12-23)16-6-4-5-15(21)13-16/h2-8,13,19H,9-12,14H2,1H3/t19-/m1/s1. The van der Waals surface area contributed by atoms with Crippen molar-refractivity contribution in [2.75, 3.05) is 48.2 Å². The minimum atomic E-state index is -3.52. The molecule has 0 spiro atoms. The number of halogens is 1. The molecule has 0 N–H and O–H groups in total. The average Bonchev–Trinajstić information content (AvgIpc) is 2.72. The predicted octanol–water partition coefficient (Wildman–Crippen LogP) is 2.22. The number of fused-ring (bicyclic) bond motifs is 1. The second-order valence-corrected chi connectivity index (χ2v) is 9.50. The van der Waals surface area contributed by atoms with Gasteiger partial charge in [0.05, 0.1) is 18.5 Å². The van der Waals surface area contributed by atoms with Gasteiger partial charge in [0.25, 0.3) is 5.91 Å². The summed E-state index contributed by atoms with van der Waals surface area (Å²) in [6.45, 7) is 2.39. The molecule has 1 saturated heterocycles. The largest absolute Gasteiger partial charge is 0.476 e. The molecule has 0 bridgehead atoms. The molecular formula is C20H22ClN3O4S. The van der Waals surface area contributed by atoms with Gasteiger partial charge in [0.2, 0.25) is 10.0 Å². The van der Waals surface area contributed by atoms with Crippen LogP contribution in [0.3, 0.4) is 0 Å². The normalized spacial score (nSPS) is 19.5.